The minimum Gasteiger partial charge on any atom is -0.398 e. The van der Waals surface area contributed by atoms with Crippen LogP contribution >= 0.6 is 0 Å². The first-order valence-corrected chi connectivity index (χ1v) is 7.45. The summed E-state index contributed by atoms with van der Waals surface area (Å²) in [6, 6.07) is 9.46. The fourth-order valence-corrected chi connectivity index (χ4v) is 3.08. The van der Waals surface area contributed by atoms with Crippen LogP contribution in [0.1, 0.15) is 49.0 Å². The summed E-state index contributed by atoms with van der Waals surface area (Å²) in [7, 11) is 0. The molecule has 1 aromatic heterocycles. The highest BCUT2D eigenvalue weighted by Crippen LogP contribution is 2.27. The second kappa shape index (κ2) is 5.61. The Hall–Kier alpha value is -1.90. The van der Waals surface area contributed by atoms with Gasteiger partial charge in [-0.3, -0.25) is 4.79 Å². The van der Waals surface area contributed by atoms with Crippen molar-refractivity contribution in [2.45, 2.75) is 38.5 Å². The van der Waals surface area contributed by atoms with Crippen LogP contribution in [0.5, 0.6) is 0 Å². The number of anilines is 1. The van der Waals surface area contributed by atoms with E-state index in [9.17, 15) is 4.79 Å². The van der Waals surface area contributed by atoms with Crippen LogP contribution in [-0.2, 0) is 0 Å². The second-order valence-corrected chi connectivity index (χ2v) is 5.67. The normalized spacial score (nSPS) is 17.0. The highest BCUT2D eigenvalue weighted by atomic mass is 16.1. The van der Waals surface area contributed by atoms with Crippen molar-refractivity contribution in [1.82, 2.24) is 4.98 Å². The number of carbonyl (C=O) groups is 1. The average Bonchev–Trinajstić information content (AvgIpc) is 2.75. The monoisotopic (exact) mass is 268 g/mol. The van der Waals surface area contributed by atoms with Gasteiger partial charge < -0.3 is 5.73 Å². The maximum Gasteiger partial charge on any atom is 0.184 e. The molecule has 0 unspecified atom stereocenters. The third kappa shape index (κ3) is 2.53. The first kappa shape index (κ1) is 13.1. The Bertz CT molecular complexity index is 628. The molecule has 1 aliphatic carbocycles. The van der Waals surface area contributed by atoms with Gasteiger partial charge in [-0.05, 0) is 25.0 Å². The van der Waals surface area contributed by atoms with E-state index < -0.39 is 0 Å². The molecule has 3 nitrogen and oxygen atoms in total. The molecule has 2 aromatic rings. The standard InChI is InChI=1S/C17H20N2O/c18-14-11-16(19-15-10-6-5-9-13(14)15)17(20)12-7-3-1-2-4-8-12/h5-6,9-12H,1-4,7-8H2,(H2,18,19). The third-order valence-corrected chi connectivity index (χ3v) is 4.23. The number of aromatic nitrogens is 1. The number of carbonyl (C=O) groups excluding carboxylic acids is 1. The molecule has 0 bridgehead atoms. The van der Waals surface area contributed by atoms with Gasteiger partial charge in [0.2, 0.25) is 0 Å². The van der Waals surface area contributed by atoms with Gasteiger partial charge >= 0.3 is 0 Å². The number of nitrogens with two attached hydrogens (primary N) is 1. The van der Waals surface area contributed by atoms with Crippen LogP contribution < -0.4 is 5.73 Å². The molecule has 0 atom stereocenters. The molecule has 0 spiro atoms. The Morgan fingerprint density at radius 2 is 1.80 bits per heavy atom. The largest absolute Gasteiger partial charge is 0.398 e. The van der Waals surface area contributed by atoms with E-state index in [2.05, 4.69) is 4.98 Å². The van der Waals surface area contributed by atoms with E-state index in [1.165, 1.54) is 12.8 Å². The maximum absolute atomic E-state index is 12.6. The molecule has 104 valence electrons. The van der Waals surface area contributed by atoms with Gasteiger partial charge in [0.1, 0.15) is 5.69 Å². The van der Waals surface area contributed by atoms with Gasteiger partial charge in [-0.25, -0.2) is 4.98 Å². The van der Waals surface area contributed by atoms with E-state index in [4.69, 9.17) is 5.73 Å². The number of pyridine rings is 1. The Morgan fingerprint density at radius 3 is 2.55 bits per heavy atom. The lowest BCUT2D eigenvalue weighted by atomic mass is 9.93. The fraction of sp³-hybridized carbons (Fsp3) is 0.412. The molecule has 0 radical (unpaired) electrons. The first-order valence-electron chi connectivity index (χ1n) is 7.45. The van der Waals surface area contributed by atoms with Gasteiger partial charge in [-0.2, -0.15) is 0 Å². The lowest BCUT2D eigenvalue weighted by Gasteiger charge is -2.13. The van der Waals surface area contributed by atoms with Crippen LogP contribution in [0, 0.1) is 5.92 Å². The van der Waals surface area contributed by atoms with Crippen LogP contribution in [0.15, 0.2) is 30.3 Å². The first-order chi connectivity index (χ1) is 9.75. The minimum atomic E-state index is 0.130. The molecule has 1 fully saturated rings. The molecule has 1 aliphatic rings. The van der Waals surface area contributed by atoms with Crippen molar-refractivity contribution in [2.24, 2.45) is 5.92 Å². The molecule has 0 aliphatic heterocycles. The number of fused-ring (bicyclic) bond motifs is 1. The second-order valence-electron chi connectivity index (χ2n) is 5.67. The van der Waals surface area contributed by atoms with Crippen LogP contribution in [0.4, 0.5) is 5.69 Å². The average molecular weight is 268 g/mol. The lowest BCUT2D eigenvalue weighted by molar-refractivity contribution is 0.0903. The van der Waals surface area contributed by atoms with Gasteiger partial charge in [-0.15, -0.1) is 0 Å². The quantitative estimate of drug-likeness (QED) is 0.662. The van der Waals surface area contributed by atoms with Crippen molar-refractivity contribution >= 4 is 22.4 Å². The summed E-state index contributed by atoms with van der Waals surface area (Å²) in [6.45, 7) is 0. The summed E-state index contributed by atoms with van der Waals surface area (Å²) in [4.78, 5) is 17.1. The smallest absolute Gasteiger partial charge is 0.184 e. The molecule has 3 rings (SSSR count). The van der Waals surface area contributed by atoms with Crippen molar-refractivity contribution in [3.63, 3.8) is 0 Å². The lowest BCUT2D eigenvalue weighted by Crippen LogP contribution is -2.16. The van der Waals surface area contributed by atoms with Crippen molar-refractivity contribution in [2.75, 3.05) is 5.73 Å². The Labute approximate surface area is 119 Å². The topological polar surface area (TPSA) is 56.0 Å². The zero-order valence-corrected chi connectivity index (χ0v) is 11.6. The molecule has 0 amide bonds. The molecule has 1 aromatic carbocycles. The number of ketones is 1. The summed E-state index contributed by atoms with van der Waals surface area (Å²) < 4.78 is 0. The molecule has 3 heteroatoms. The molecule has 1 heterocycles. The van der Waals surface area contributed by atoms with Gasteiger partial charge in [0.15, 0.2) is 5.78 Å². The number of nitrogens with zero attached hydrogens (tertiary/aromatic N) is 1. The highest BCUT2D eigenvalue weighted by molar-refractivity contribution is 6.01. The summed E-state index contributed by atoms with van der Waals surface area (Å²) >= 11 is 0. The molecule has 1 saturated carbocycles. The fourth-order valence-electron chi connectivity index (χ4n) is 3.08. The van der Waals surface area contributed by atoms with Crippen molar-refractivity contribution in [1.29, 1.82) is 0 Å². The van der Waals surface area contributed by atoms with Crippen LogP contribution in [0.25, 0.3) is 10.9 Å². The van der Waals surface area contributed by atoms with E-state index in [0.717, 1.165) is 36.6 Å². The van der Waals surface area contributed by atoms with Crippen molar-refractivity contribution < 1.29 is 4.79 Å². The third-order valence-electron chi connectivity index (χ3n) is 4.23. The van der Waals surface area contributed by atoms with E-state index in [0.29, 0.717) is 11.4 Å². The Kier molecular flexibility index (Phi) is 3.68. The predicted octanol–water partition coefficient (Wildman–Crippen LogP) is 3.97. The number of nitrogen functional groups attached to an aromatic ring is 1. The number of para-hydroxylation sites is 1. The summed E-state index contributed by atoms with van der Waals surface area (Å²) in [5, 5.41) is 0.921. The zero-order valence-electron chi connectivity index (χ0n) is 11.6. The van der Waals surface area contributed by atoms with E-state index in [1.807, 2.05) is 24.3 Å². The van der Waals surface area contributed by atoms with E-state index in [-0.39, 0.29) is 11.7 Å². The van der Waals surface area contributed by atoms with Crippen LogP contribution in [-0.4, -0.2) is 10.8 Å². The van der Waals surface area contributed by atoms with Crippen LogP contribution in [0.3, 0.4) is 0 Å². The molecular formula is C17H20N2O. The number of Topliss-reactive ketones (excluding diaryl/α,β-unsaturated/α-hetero) is 1. The summed E-state index contributed by atoms with van der Waals surface area (Å²) in [6.07, 6.45) is 6.79. The number of hydrogen-bond donors (Lipinski definition) is 1. The summed E-state index contributed by atoms with van der Waals surface area (Å²) in [5.41, 5.74) is 8.05. The molecule has 2 N–H and O–H groups in total. The molecule has 0 saturated heterocycles. The van der Waals surface area contributed by atoms with Gasteiger partial charge in [-0.1, -0.05) is 43.9 Å². The van der Waals surface area contributed by atoms with Crippen molar-refractivity contribution in [3.8, 4) is 0 Å². The maximum atomic E-state index is 12.6. The molecular weight excluding hydrogens is 248 g/mol. The number of benzene rings is 1. The summed E-state index contributed by atoms with van der Waals surface area (Å²) in [5.74, 6) is 0.301. The predicted molar refractivity (Wildman–Crippen MR) is 81.7 cm³/mol. The highest BCUT2D eigenvalue weighted by Gasteiger charge is 2.23. The van der Waals surface area contributed by atoms with Crippen LogP contribution in [0.2, 0.25) is 0 Å². The number of hydrogen-bond acceptors (Lipinski definition) is 3. The van der Waals surface area contributed by atoms with Gasteiger partial charge in [0.25, 0.3) is 0 Å². The Balaban J connectivity index is 1.94. The zero-order chi connectivity index (χ0) is 13.9. The Morgan fingerprint density at radius 1 is 1.10 bits per heavy atom. The SMILES string of the molecule is Nc1cc(C(=O)C2CCCCCC2)nc2ccccc12. The molecule has 20 heavy (non-hydrogen) atoms. The van der Waals surface area contributed by atoms with E-state index in [1.54, 1.807) is 6.07 Å². The minimum absolute atomic E-state index is 0.130. The van der Waals surface area contributed by atoms with Gasteiger partial charge in [0.05, 0.1) is 5.52 Å². The number of rotatable bonds is 2. The van der Waals surface area contributed by atoms with E-state index >= 15 is 0 Å². The van der Waals surface area contributed by atoms with Crippen molar-refractivity contribution in [3.05, 3.63) is 36.0 Å². The van der Waals surface area contributed by atoms with Gasteiger partial charge in [0, 0.05) is 17.0 Å².